The predicted octanol–water partition coefficient (Wildman–Crippen LogP) is 1.78. The number of ether oxygens (including phenoxy) is 1. The highest BCUT2D eigenvalue weighted by atomic mass is 16.5. The number of allylic oxidation sites excluding steroid dienone is 1. The van der Waals surface area contributed by atoms with Crippen molar-refractivity contribution in [2.45, 2.75) is 32.8 Å². The molecule has 2 rings (SSSR count). The summed E-state index contributed by atoms with van der Waals surface area (Å²) in [5.41, 5.74) is 1.31. The van der Waals surface area contributed by atoms with E-state index in [9.17, 15) is 9.59 Å². The number of piperidine rings is 1. The molecule has 0 aromatic carbocycles. The standard InChI is InChI=1S/C17H23N3O3/c1-12(2)9-16(21)20-8-4-5-14(11-20)23-13-6-7-19-15(10-13)17(22)18-3/h6-7,9-10,14H,4-5,8,11H2,1-3H3,(H,18,22)/t14-/m1/s1. The van der Waals surface area contributed by atoms with Crippen LogP contribution < -0.4 is 10.1 Å². The van der Waals surface area contributed by atoms with Crippen LogP contribution in [0.1, 0.15) is 37.2 Å². The van der Waals surface area contributed by atoms with E-state index in [1.54, 1.807) is 31.5 Å². The number of nitrogens with one attached hydrogen (secondary N) is 1. The second kappa shape index (κ2) is 7.76. The lowest BCUT2D eigenvalue weighted by atomic mass is 10.1. The fourth-order valence-corrected chi connectivity index (χ4v) is 2.50. The van der Waals surface area contributed by atoms with Gasteiger partial charge in [-0.15, -0.1) is 0 Å². The summed E-state index contributed by atoms with van der Waals surface area (Å²) in [7, 11) is 1.56. The Hall–Kier alpha value is -2.37. The second-order valence-electron chi connectivity index (χ2n) is 5.84. The molecule has 1 fully saturated rings. The summed E-state index contributed by atoms with van der Waals surface area (Å²) < 4.78 is 5.94. The third-order valence-corrected chi connectivity index (χ3v) is 3.60. The van der Waals surface area contributed by atoms with E-state index in [4.69, 9.17) is 4.74 Å². The van der Waals surface area contributed by atoms with Gasteiger partial charge in [0.2, 0.25) is 5.91 Å². The van der Waals surface area contributed by atoms with Crippen molar-refractivity contribution in [3.8, 4) is 5.75 Å². The van der Waals surface area contributed by atoms with Crippen LogP contribution >= 0.6 is 0 Å². The Bertz CT molecular complexity index is 609. The third kappa shape index (κ3) is 4.81. The van der Waals surface area contributed by atoms with Crippen LogP contribution in [-0.4, -0.2) is 47.9 Å². The van der Waals surface area contributed by atoms with Crippen LogP contribution in [0.4, 0.5) is 0 Å². The molecule has 2 heterocycles. The molecule has 6 heteroatoms. The molecule has 0 bridgehead atoms. The molecule has 0 saturated carbocycles. The van der Waals surface area contributed by atoms with Crippen molar-refractivity contribution in [3.05, 3.63) is 35.7 Å². The highest BCUT2D eigenvalue weighted by Gasteiger charge is 2.24. The van der Waals surface area contributed by atoms with Crippen LogP contribution in [0.3, 0.4) is 0 Å². The highest BCUT2D eigenvalue weighted by molar-refractivity contribution is 5.92. The number of nitrogens with zero attached hydrogens (tertiary/aromatic N) is 2. The van der Waals surface area contributed by atoms with Gasteiger partial charge in [-0.05, 0) is 32.8 Å². The Balaban J connectivity index is 2.01. The van der Waals surface area contributed by atoms with Crippen LogP contribution in [-0.2, 0) is 4.79 Å². The lowest BCUT2D eigenvalue weighted by Gasteiger charge is -2.32. The number of pyridine rings is 1. The molecule has 1 atom stereocenters. The summed E-state index contributed by atoms with van der Waals surface area (Å²) in [6.45, 7) is 5.13. The van der Waals surface area contributed by atoms with Crippen molar-refractivity contribution in [1.29, 1.82) is 0 Å². The second-order valence-corrected chi connectivity index (χ2v) is 5.84. The number of carbonyl (C=O) groups excluding carboxylic acids is 2. The molecule has 23 heavy (non-hydrogen) atoms. The molecule has 2 amide bonds. The van der Waals surface area contributed by atoms with Crippen LogP contribution in [0, 0.1) is 0 Å². The van der Waals surface area contributed by atoms with Gasteiger partial charge in [-0.25, -0.2) is 0 Å². The van der Waals surface area contributed by atoms with E-state index >= 15 is 0 Å². The molecule has 0 radical (unpaired) electrons. The van der Waals surface area contributed by atoms with Gasteiger partial charge in [0.1, 0.15) is 17.5 Å². The number of likely N-dealkylation sites (tertiary alicyclic amines) is 1. The highest BCUT2D eigenvalue weighted by Crippen LogP contribution is 2.19. The van der Waals surface area contributed by atoms with E-state index in [2.05, 4.69) is 10.3 Å². The van der Waals surface area contributed by atoms with Crippen LogP contribution in [0.25, 0.3) is 0 Å². The fraction of sp³-hybridized carbons (Fsp3) is 0.471. The molecule has 1 aromatic heterocycles. The van der Waals surface area contributed by atoms with Crippen molar-refractivity contribution >= 4 is 11.8 Å². The van der Waals surface area contributed by atoms with Crippen LogP contribution in [0.5, 0.6) is 5.75 Å². The van der Waals surface area contributed by atoms with Crippen molar-refractivity contribution < 1.29 is 14.3 Å². The maximum absolute atomic E-state index is 12.1. The summed E-state index contributed by atoms with van der Waals surface area (Å²) in [5.74, 6) is 0.374. The maximum atomic E-state index is 12.1. The van der Waals surface area contributed by atoms with Crippen molar-refractivity contribution in [2.24, 2.45) is 0 Å². The monoisotopic (exact) mass is 317 g/mol. The number of hydrogen-bond donors (Lipinski definition) is 1. The van der Waals surface area contributed by atoms with Crippen LogP contribution in [0.2, 0.25) is 0 Å². The largest absolute Gasteiger partial charge is 0.488 e. The summed E-state index contributed by atoms with van der Waals surface area (Å²) in [4.78, 5) is 29.6. The zero-order chi connectivity index (χ0) is 16.8. The molecule has 1 N–H and O–H groups in total. The summed E-state index contributed by atoms with van der Waals surface area (Å²) in [5, 5.41) is 2.54. The van der Waals surface area contributed by atoms with Gasteiger partial charge in [0.05, 0.1) is 6.54 Å². The summed E-state index contributed by atoms with van der Waals surface area (Å²) in [6, 6.07) is 3.35. The zero-order valence-corrected chi connectivity index (χ0v) is 13.8. The topological polar surface area (TPSA) is 71.5 Å². The smallest absolute Gasteiger partial charge is 0.269 e. The van der Waals surface area contributed by atoms with E-state index in [1.165, 1.54) is 0 Å². The molecule has 1 aliphatic rings. The van der Waals surface area contributed by atoms with Gasteiger partial charge in [-0.2, -0.15) is 0 Å². The number of hydrogen-bond acceptors (Lipinski definition) is 4. The average molecular weight is 317 g/mol. The first-order chi connectivity index (χ1) is 11.0. The van der Waals surface area contributed by atoms with Crippen molar-refractivity contribution in [3.63, 3.8) is 0 Å². The Morgan fingerprint density at radius 3 is 2.91 bits per heavy atom. The van der Waals surface area contributed by atoms with Crippen molar-refractivity contribution in [1.82, 2.24) is 15.2 Å². The minimum atomic E-state index is -0.251. The van der Waals surface area contributed by atoms with E-state index in [0.29, 0.717) is 18.0 Å². The molecule has 6 nitrogen and oxygen atoms in total. The number of rotatable bonds is 4. The Morgan fingerprint density at radius 1 is 1.43 bits per heavy atom. The van der Waals surface area contributed by atoms with E-state index < -0.39 is 0 Å². The Labute approximate surface area is 136 Å². The number of carbonyl (C=O) groups is 2. The van der Waals surface area contributed by atoms with Gasteiger partial charge < -0.3 is 15.0 Å². The maximum Gasteiger partial charge on any atom is 0.269 e. The lowest BCUT2D eigenvalue weighted by molar-refractivity contribution is -0.128. The first-order valence-corrected chi connectivity index (χ1v) is 7.78. The van der Waals surface area contributed by atoms with Gasteiger partial charge in [-0.3, -0.25) is 14.6 Å². The predicted molar refractivity (Wildman–Crippen MR) is 87.3 cm³/mol. The quantitative estimate of drug-likeness (QED) is 0.859. The number of aromatic nitrogens is 1. The molecule has 1 saturated heterocycles. The van der Waals surface area contributed by atoms with E-state index in [-0.39, 0.29) is 17.9 Å². The third-order valence-electron chi connectivity index (χ3n) is 3.60. The number of amides is 2. The average Bonchev–Trinajstić information content (AvgIpc) is 2.54. The molecular weight excluding hydrogens is 294 g/mol. The molecule has 1 aromatic rings. The van der Waals surface area contributed by atoms with E-state index in [1.807, 2.05) is 18.7 Å². The van der Waals surface area contributed by atoms with Gasteiger partial charge in [0.25, 0.3) is 5.91 Å². The summed E-state index contributed by atoms with van der Waals surface area (Å²) >= 11 is 0. The van der Waals surface area contributed by atoms with Gasteiger partial charge >= 0.3 is 0 Å². The molecule has 0 unspecified atom stereocenters. The lowest BCUT2D eigenvalue weighted by Crippen LogP contribution is -2.43. The van der Waals surface area contributed by atoms with E-state index in [0.717, 1.165) is 25.0 Å². The van der Waals surface area contributed by atoms with Crippen molar-refractivity contribution in [2.75, 3.05) is 20.1 Å². The first-order valence-electron chi connectivity index (χ1n) is 7.78. The minimum absolute atomic E-state index is 0.0269. The normalized spacial score (nSPS) is 17.3. The molecule has 0 spiro atoms. The van der Waals surface area contributed by atoms with Crippen LogP contribution in [0.15, 0.2) is 30.0 Å². The Kier molecular flexibility index (Phi) is 5.73. The van der Waals surface area contributed by atoms with Gasteiger partial charge in [0, 0.05) is 31.9 Å². The first kappa shape index (κ1) is 17.0. The van der Waals surface area contributed by atoms with Gasteiger partial charge in [-0.1, -0.05) is 5.57 Å². The molecule has 1 aliphatic heterocycles. The summed E-state index contributed by atoms with van der Waals surface area (Å²) in [6.07, 6.45) is 4.92. The molecular formula is C17H23N3O3. The minimum Gasteiger partial charge on any atom is -0.488 e. The van der Waals surface area contributed by atoms with Gasteiger partial charge in [0.15, 0.2) is 0 Å². The molecule has 0 aliphatic carbocycles. The SMILES string of the molecule is CNC(=O)c1cc(O[C@@H]2CCCN(C(=O)C=C(C)C)C2)ccn1. The Morgan fingerprint density at radius 2 is 2.22 bits per heavy atom. The fourth-order valence-electron chi connectivity index (χ4n) is 2.50. The zero-order valence-electron chi connectivity index (χ0n) is 13.8. The molecule has 124 valence electrons.